The molecule has 1 aliphatic rings. The van der Waals surface area contributed by atoms with Crippen molar-refractivity contribution < 1.29 is 9.53 Å². The van der Waals surface area contributed by atoms with Crippen molar-refractivity contribution >= 4 is 28.5 Å². The van der Waals surface area contributed by atoms with Gasteiger partial charge in [0.25, 0.3) is 5.56 Å². The van der Waals surface area contributed by atoms with Crippen LogP contribution in [-0.4, -0.2) is 44.3 Å². The molecule has 3 heterocycles. The average Bonchev–Trinajstić information content (AvgIpc) is 3.29. The number of nitrogens with zero attached hydrogens (tertiary/aromatic N) is 4. The first-order chi connectivity index (χ1) is 15.0. The largest absolute Gasteiger partial charge is 0.376 e. The summed E-state index contributed by atoms with van der Waals surface area (Å²) in [4.78, 5) is 47.0. The molecule has 1 saturated heterocycles. The molecular formula is C21H22ClN5O4. The van der Waals surface area contributed by atoms with Gasteiger partial charge in [0.1, 0.15) is 11.9 Å². The molecule has 1 fully saturated rings. The molecule has 0 saturated carbocycles. The van der Waals surface area contributed by atoms with E-state index in [0.717, 1.165) is 17.4 Å². The Bertz CT molecular complexity index is 1230. The maximum Gasteiger partial charge on any atom is 0.333 e. The predicted octanol–water partition coefficient (Wildman–Crippen LogP) is 1.59. The summed E-state index contributed by atoms with van der Waals surface area (Å²) in [5.74, 6) is -0.0485. The molecule has 0 bridgehead atoms. The van der Waals surface area contributed by atoms with Crippen molar-refractivity contribution in [1.29, 1.82) is 0 Å². The maximum absolute atomic E-state index is 13.0. The standard InChI is InChI=1S/C21H22ClN5O4/c1-2-26-19-16(11-24-18(25-19)13-5-7-14(22)8-6-13)20(29)27(21(26)30)12-17(28)23-10-15-4-3-9-31-15/h5-8,11,15H,2-4,9-10,12H2,1H3,(H,23,28)/t15-/m1/s1. The van der Waals surface area contributed by atoms with Gasteiger partial charge in [0.15, 0.2) is 11.5 Å². The fraction of sp³-hybridized carbons (Fsp3) is 0.381. The Morgan fingerprint density at radius 1 is 1.26 bits per heavy atom. The molecule has 31 heavy (non-hydrogen) atoms. The molecule has 10 heteroatoms. The van der Waals surface area contributed by atoms with Crippen molar-refractivity contribution in [3.8, 4) is 11.4 Å². The van der Waals surface area contributed by atoms with Gasteiger partial charge in [-0.3, -0.25) is 18.7 Å². The van der Waals surface area contributed by atoms with E-state index in [1.165, 1.54) is 10.8 Å². The first-order valence-electron chi connectivity index (χ1n) is 10.1. The molecule has 1 N–H and O–H groups in total. The van der Waals surface area contributed by atoms with Crippen LogP contribution in [0.3, 0.4) is 0 Å². The highest BCUT2D eigenvalue weighted by Crippen LogP contribution is 2.19. The number of carbonyl (C=O) groups excluding carboxylic acids is 1. The van der Waals surface area contributed by atoms with E-state index in [0.29, 0.717) is 29.6 Å². The van der Waals surface area contributed by atoms with Gasteiger partial charge in [-0.25, -0.2) is 14.8 Å². The van der Waals surface area contributed by atoms with Crippen molar-refractivity contribution in [2.24, 2.45) is 0 Å². The van der Waals surface area contributed by atoms with Crippen molar-refractivity contribution in [1.82, 2.24) is 24.4 Å². The number of fused-ring (bicyclic) bond motifs is 1. The van der Waals surface area contributed by atoms with Crippen LogP contribution in [-0.2, 0) is 22.6 Å². The van der Waals surface area contributed by atoms with Gasteiger partial charge in [0, 0.05) is 36.5 Å². The van der Waals surface area contributed by atoms with E-state index >= 15 is 0 Å². The van der Waals surface area contributed by atoms with Gasteiger partial charge in [-0.15, -0.1) is 0 Å². The molecule has 0 unspecified atom stereocenters. The molecule has 4 rings (SSSR count). The Hall–Kier alpha value is -3.04. The summed E-state index contributed by atoms with van der Waals surface area (Å²) < 4.78 is 7.76. The highest BCUT2D eigenvalue weighted by Gasteiger charge is 2.19. The topological polar surface area (TPSA) is 108 Å². The van der Waals surface area contributed by atoms with E-state index in [9.17, 15) is 14.4 Å². The van der Waals surface area contributed by atoms with Crippen molar-refractivity contribution in [3.63, 3.8) is 0 Å². The number of halogens is 1. The van der Waals surface area contributed by atoms with Crippen LogP contribution in [0.2, 0.25) is 5.02 Å². The number of aryl methyl sites for hydroxylation is 1. The van der Waals surface area contributed by atoms with Crippen LogP contribution in [0, 0.1) is 0 Å². The zero-order valence-electron chi connectivity index (χ0n) is 17.0. The van der Waals surface area contributed by atoms with Crippen LogP contribution >= 0.6 is 11.6 Å². The molecule has 9 nitrogen and oxygen atoms in total. The Balaban J connectivity index is 1.68. The molecule has 0 radical (unpaired) electrons. The lowest BCUT2D eigenvalue weighted by Gasteiger charge is -2.14. The van der Waals surface area contributed by atoms with E-state index in [-0.39, 0.29) is 30.2 Å². The third-order valence-corrected chi connectivity index (χ3v) is 5.48. The van der Waals surface area contributed by atoms with Gasteiger partial charge in [-0.2, -0.15) is 0 Å². The number of benzene rings is 1. The fourth-order valence-electron chi connectivity index (χ4n) is 3.59. The van der Waals surface area contributed by atoms with E-state index in [4.69, 9.17) is 16.3 Å². The van der Waals surface area contributed by atoms with Gasteiger partial charge in [-0.05, 0) is 44.0 Å². The minimum Gasteiger partial charge on any atom is -0.376 e. The Labute approximate surface area is 182 Å². The quantitative estimate of drug-likeness (QED) is 0.619. The smallest absolute Gasteiger partial charge is 0.333 e. The normalized spacial score (nSPS) is 16.0. The zero-order valence-corrected chi connectivity index (χ0v) is 17.8. The van der Waals surface area contributed by atoms with Crippen LogP contribution in [0.15, 0.2) is 40.1 Å². The highest BCUT2D eigenvalue weighted by molar-refractivity contribution is 6.30. The van der Waals surface area contributed by atoms with Crippen LogP contribution < -0.4 is 16.6 Å². The lowest BCUT2D eigenvalue weighted by molar-refractivity contribution is -0.122. The van der Waals surface area contributed by atoms with Crippen LogP contribution in [0.25, 0.3) is 22.4 Å². The number of amides is 1. The number of hydrogen-bond acceptors (Lipinski definition) is 6. The van der Waals surface area contributed by atoms with Crippen LogP contribution in [0.1, 0.15) is 19.8 Å². The van der Waals surface area contributed by atoms with Crippen molar-refractivity contribution in [3.05, 3.63) is 56.3 Å². The number of carbonyl (C=O) groups is 1. The van der Waals surface area contributed by atoms with E-state index in [1.54, 1.807) is 31.2 Å². The minimum atomic E-state index is -0.598. The molecule has 0 aliphatic carbocycles. The average molecular weight is 444 g/mol. The molecule has 3 aromatic rings. The van der Waals surface area contributed by atoms with Gasteiger partial charge in [0.05, 0.1) is 6.10 Å². The molecule has 1 aliphatic heterocycles. The van der Waals surface area contributed by atoms with Gasteiger partial charge in [-0.1, -0.05) is 11.6 Å². The Morgan fingerprint density at radius 3 is 2.71 bits per heavy atom. The summed E-state index contributed by atoms with van der Waals surface area (Å²) in [6, 6.07) is 6.95. The summed E-state index contributed by atoms with van der Waals surface area (Å²) in [5.41, 5.74) is -0.250. The molecule has 1 atom stereocenters. The second kappa shape index (κ2) is 8.99. The number of ether oxygens (including phenoxy) is 1. The summed E-state index contributed by atoms with van der Waals surface area (Å²) >= 11 is 5.93. The van der Waals surface area contributed by atoms with Crippen LogP contribution in [0.4, 0.5) is 0 Å². The molecule has 0 spiro atoms. The maximum atomic E-state index is 13.0. The summed E-state index contributed by atoms with van der Waals surface area (Å²) in [6.45, 7) is 2.72. The lowest BCUT2D eigenvalue weighted by Crippen LogP contribution is -2.45. The molecule has 1 amide bonds. The first-order valence-corrected chi connectivity index (χ1v) is 10.5. The van der Waals surface area contributed by atoms with E-state index in [1.807, 2.05) is 0 Å². The third-order valence-electron chi connectivity index (χ3n) is 5.23. The van der Waals surface area contributed by atoms with Crippen molar-refractivity contribution in [2.45, 2.75) is 39.0 Å². The zero-order chi connectivity index (χ0) is 22.0. The number of rotatable bonds is 6. The van der Waals surface area contributed by atoms with E-state index < -0.39 is 17.2 Å². The van der Waals surface area contributed by atoms with E-state index in [2.05, 4.69) is 15.3 Å². The second-order valence-electron chi connectivity index (χ2n) is 7.30. The number of aromatic nitrogens is 4. The van der Waals surface area contributed by atoms with Crippen LogP contribution in [0.5, 0.6) is 0 Å². The second-order valence-corrected chi connectivity index (χ2v) is 7.73. The predicted molar refractivity (Wildman–Crippen MR) is 116 cm³/mol. The lowest BCUT2D eigenvalue weighted by atomic mass is 10.2. The summed E-state index contributed by atoms with van der Waals surface area (Å²) in [5, 5.41) is 3.49. The summed E-state index contributed by atoms with van der Waals surface area (Å²) in [7, 11) is 0. The Kier molecular flexibility index (Phi) is 6.15. The molecular weight excluding hydrogens is 422 g/mol. The summed E-state index contributed by atoms with van der Waals surface area (Å²) in [6.07, 6.45) is 3.21. The van der Waals surface area contributed by atoms with Gasteiger partial charge >= 0.3 is 5.69 Å². The molecule has 1 aromatic carbocycles. The monoisotopic (exact) mass is 443 g/mol. The minimum absolute atomic E-state index is 0.0238. The Morgan fingerprint density at radius 2 is 2.03 bits per heavy atom. The fourth-order valence-corrected chi connectivity index (χ4v) is 3.72. The highest BCUT2D eigenvalue weighted by atomic mass is 35.5. The SMILES string of the molecule is CCn1c(=O)n(CC(=O)NC[C@H]2CCCO2)c(=O)c2cnc(-c3ccc(Cl)cc3)nc21. The first kappa shape index (κ1) is 21.2. The number of nitrogens with one attached hydrogen (secondary N) is 1. The van der Waals surface area contributed by atoms with Gasteiger partial charge in [0.2, 0.25) is 5.91 Å². The molecule has 2 aromatic heterocycles. The van der Waals surface area contributed by atoms with Crippen molar-refractivity contribution in [2.75, 3.05) is 13.2 Å². The third kappa shape index (κ3) is 4.38. The van der Waals surface area contributed by atoms with Gasteiger partial charge < -0.3 is 10.1 Å². The number of hydrogen-bond donors (Lipinski definition) is 1. The molecule has 162 valence electrons.